The molecule has 2 atom stereocenters. The van der Waals surface area contributed by atoms with Crippen LogP contribution in [0.5, 0.6) is 0 Å². The molecule has 130 valence electrons. The standard InChI is InChI=1S/C15H17BrN2O4S2/c1-2-22-14(19)7-23-15-17-12-8-24(20,21)9-13(12)18(15)11-5-3-10(16)4-6-11/h3-6,12-13H,2,7-9H2,1H3/t12-,13-/m1/s1. The Morgan fingerprint density at radius 1 is 1.38 bits per heavy atom. The predicted molar refractivity (Wildman–Crippen MR) is 99.4 cm³/mol. The van der Waals surface area contributed by atoms with E-state index in [0.29, 0.717) is 11.8 Å². The van der Waals surface area contributed by atoms with Crippen molar-refractivity contribution in [3.8, 4) is 0 Å². The second kappa shape index (κ2) is 7.05. The molecule has 3 rings (SSSR count). The molecular formula is C15H17BrN2O4S2. The van der Waals surface area contributed by atoms with E-state index in [1.54, 1.807) is 6.92 Å². The molecule has 1 aromatic carbocycles. The molecule has 0 amide bonds. The zero-order valence-electron chi connectivity index (χ0n) is 13.0. The topological polar surface area (TPSA) is 76.0 Å². The monoisotopic (exact) mass is 432 g/mol. The molecule has 1 aromatic rings. The van der Waals surface area contributed by atoms with Crippen molar-refractivity contribution in [3.05, 3.63) is 28.7 Å². The van der Waals surface area contributed by atoms with Gasteiger partial charge in [0.2, 0.25) is 0 Å². The third kappa shape index (κ3) is 3.78. The lowest BCUT2D eigenvalue weighted by molar-refractivity contribution is -0.139. The largest absolute Gasteiger partial charge is 0.465 e. The van der Waals surface area contributed by atoms with Crippen LogP contribution in [0.4, 0.5) is 5.69 Å². The van der Waals surface area contributed by atoms with Gasteiger partial charge < -0.3 is 9.64 Å². The van der Waals surface area contributed by atoms with Crippen LogP contribution in [0.3, 0.4) is 0 Å². The van der Waals surface area contributed by atoms with Gasteiger partial charge in [0.1, 0.15) is 0 Å². The van der Waals surface area contributed by atoms with E-state index in [4.69, 9.17) is 4.74 Å². The average Bonchev–Trinajstić information content (AvgIpc) is 2.98. The van der Waals surface area contributed by atoms with Crippen LogP contribution in [-0.2, 0) is 19.4 Å². The molecule has 2 aliphatic heterocycles. The van der Waals surface area contributed by atoms with Gasteiger partial charge in [-0.3, -0.25) is 9.79 Å². The van der Waals surface area contributed by atoms with Crippen LogP contribution >= 0.6 is 27.7 Å². The Kier molecular flexibility index (Phi) is 5.22. The molecule has 1 saturated heterocycles. The number of nitrogens with zero attached hydrogens (tertiary/aromatic N) is 2. The van der Waals surface area contributed by atoms with E-state index in [2.05, 4.69) is 20.9 Å². The van der Waals surface area contributed by atoms with Gasteiger partial charge in [-0.1, -0.05) is 27.7 Å². The van der Waals surface area contributed by atoms with Crippen molar-refractivity contribution in [2.45, 2.75) is 19.0 Å². The molecule has 0 aromatic heterocycles. The van der Waals surface area contributed by atoms with Crippen LogP contribution in [0.15, 0.2) is 33.7 Å². The van der Waals surface area contributed by atoms with E-state index < -0.39 is 9.84 Å². The van der Waals surface area contributed by atoms with E-state index in [1.807, 2.05) is 29.2 Å². The second-order valence-electron chi connectivity index (χ2n) is 5.56. The third-order valence-electron chi connectivity index (χ3n) is 3.84. The lowest BCUT2D eigenvalue weighted by Crippen LogP contribution is -2.39. The van der Waals surface area contributed by atoms with Gasteiger partial charge in [0.05, 0.1) is 35.9 Å². The molecule has 6 nitrogen and oxygen atoms in total. The van der Waals surface area contributed by atoms with E-state index in [9.17, 15) is 13.2 Å². The highest BCUT2D eigenvalue weighted by molar-refractivity contribution is 9.10. The number of ether oxygens (including phenoxy) is 1. The number of fused-ring (bicyclic) bond motifs is 1. The summed E-state index contributed by atoms with van der Waals surface area (Å²) in [5.74, 6) is 0.00596. The highest BCUT2D eigenvalue weighted by atomic mass is 79.9. The van der Waals surface area contributed by atoms with Gasteiger partial charge >= 0.3 is 5.97 Å². The minimum Gasteiger partial charge on any atom is -0.465 e. The fraction of sp³-hybridized carbons (Fsp3) is 0.467. The number of rotatable bonds is 4. The quantitative estimate of drug-likeness (QED) is 0.677. The van der Waals surface area contributed by atoms with E-state index in [1.165, 1.54) is 11.8 Å². The number of amidine groups is 1. The number of halogens is 1. The molecule has 0 spiro atoms. The number of hydrogen-bond acceptors (Lipinski definition) is 7. The van der Waals surface area contributed by atoms with Gasteiger partial charge in [-0.2, -0.15) is 0 Å². The molecule has 24 heavy (non-hydrogen) atoms. The normalized spacial score (nSPS) is 24.6. The van der Waals surface area contributed by atoms with E-state index in [0.717, 1.165) is 10.2 Å². The molecule has 1 fully saturated rings. The van der Waals surface area contributed by atoms with E-state index in [-0.39, 0.29) is 35.3 Å². The van der Waals surface area contributed by atoms with Crippen molar-refractivity contribution in [2.24, 2.45) is 4.99 Å². The zero-order valence-corrected chi connectivity index (χ0v) is 16.2. The number of benzene rings is 1. The first-order valence-electron chi connectivity index (χ1n) is 7.51. The molecule has 2 aliphatic rings. The molecule has 0 saturated carbocycles. The number of thioether (sulfide) groups is 1. The Hall–Kier alpha value is -1.06. The van der Waals surface area contributed by atoms with Crippen molar-refractivity contribution in [3.63, 3.8) is 0 Å². The zero-order chi connectivity index (χ0) is 17.3. The fourth-order valence-corrected chi connectivity index (χ4v) is 5.89. The van der Waals surface area contributed by atoms with Gasteiger partial charge in [-0.15, -0.1) is 0 Å². The number of esters is 1. The lowest BCUT2D eigenvalue weighted by atomic mass is 10.1. The average molecular weight is 433 g/mol. The maximum atomic E-state index is 11.9. The number of anilines is 1. The Balaban J connectivity index is 1.84. The van der Waals surface area contributed by atoms with Gasteiger partial charge in [0.15, 0.2) is 15.0 Å². The number of aliphatic imine (C=N–C) groups is 1. The van der Waals surface area contributed by atoms with Crippen molar-refractivity contribution in [1.29, 1.82) is 0 Å². The Labute approximate surface area is 153 Å². The SMILES string of the molecule is CCOC(=O)CSC1=N[C@@H]2CS(=O)(=O)C[C@H]2N1c1ccc(Br)cc1. The minimum atomic E-state index is -3.08. The summed E-state index contributed by atoms with van der Waals surface area (Å²) >= 11 is 4.69. The summed E-state index contributed by atoms with van der Waals surface area (Å²) in [7, 11) is -3.08. The summed E-state index contributed by atoms with van der Waals surface area (Å²) < 4.78 is 29.8. The molecule has 0 aliphatic carbocycles. The van der Waals surface area contributed by atoms with E-state index >= 15 is 0 Å². The highest BCUT2D eigenvalue weighted by Gasteiger charge is 2.47. The van der Waals surface area contributed by atoms with Crippen molar-refractivity contribution < 1.29 is 17.9 Å². The van der Waals surface area contributed by atoms with Crippen LogP contribution in [0.1, 0.15) is 6.92 Å². The van der Waals surface area contributed by atoms with Gasteiger partial charge in [0, 0.05) is 10.2 Å². The summed E-state index contributed by atoms with van der Waals surface area (Å²) in [6, 6.07) is 7.15. The summed E-state index contributed by atoms with van der Waals surface area (Å²) in [6.45, 7) is 2.10. The maximum absolute atomic E-state index is 11.9. The molecule has 0 unspecified atom stereocenters. The van der Waals surface area contributed by atoms with Crippen LogP contribution in [0, 0.1) is 0 Å². The first kappa shape index (κ1) is 17.8. The number of hydrogen-bond donors (Lipinski definition) is 0. The fourth-order valence-electron chi connectivity index (χ4n) is 2.86. The van der Waals surface area contributed by atoms with Crippen LogP contribution in [0.2, 0.25) is 0 Å². The van der Waals surface area contributed by atoms with Crippen LogP contribution in [0.25, 0.3) is 0 Å². The first-order valence-corrected chi connectivity index (χ1v) is 11.1. The Morgan fingerprint density at radius 2 is 2.08 bits per heavy atom. The Morgan fingerprint density at radius 3 is 2.75 bits per heavy atom. The van der Waals surface area contributed by atoms with Gasteiger partial charge in [-0.25, -0.2) is 8.42 Å². The maximum Gasteiger partial charge on any atom is 0.316 e. The summed E-state index contributed by atoms with van der Waals surface area (Å²) in [5, 5.41) is 0.676. The smallest absolute Gasteiger partial charge is 0.316 e. The Bertz CT molecular complexity index is 764. The molecule has 2 heterocycles. The molecule has 0 bridgehead atoms. The van der Waals surface area contributed by atoms with Gasteiger partial charge in [0.25, 0.3) is 0 Å². The van der Waals surface area contributed by atoms with Crippen molar-refractivity contribution >= 4 is 54.4 Å². The number of carbonyl (C=O) groups excluding carboxylic acids is 1. The molecule has 0 N–H and O–H groups in total. The molecular weight excluding hydrogens is 416 g/mol. The molecule has 9 heteroatoms. The summed E-state index contributed by atoms with van der Waals surface area (Å²) in [5.41, 5.74) is 0.873. The highest BCUT2D eigenvalue weighted by Crippen LogP contribution is 2.35. The number of carbonyl (C=O) groups is 1. The van der Waals surface area contributed by atoms with Crippen LogP contribution in [-0.4, -0.2) is 55.5 Å². The van der Waals surface area contributed by atoms with Crippen molar-refractivity contribution in [2.75, 3.05) is 28.8 Å². The predicted octanol–water partition coefficient (Wildman–Crippen LogP) is 2.09. The lowest BCUT2D eigenvalue weighted by Gasteiger charge is -2.26. The number of sulfone groups is 1. The molecule has 0 radical (unpaired) electrons. The summed E-state index contributed by atoms with van der Waals surface area (Å²) in [6.07, 6.45) is 0. The third-order valence-corrected chi connectivity index (χ3v) is 7.00. The van der Waals surface area contributed by atoms with Gasteiger partial charge in [-0.05, 0) is 31.2 Å². The second-order valence-corrected chi connectivity index (χ2v) is 9.58. The minimum absolute atomic E-state index is 0.0637. The van der Waals surface area contributed by atoms with Crippen LogP contribution < -0.4 is 4.90 Å². The van der Waals surface area contributed by atoms with Crippen molar-refractivity contribution in [1.82, 2.24) is 0 Å². The first-order chi connectivity index (χ1) is 11.4. The summed E-state index contributed by atoms with van der Waals surface area (Å²) in [4.78, 5) is 18.1.